The summed E-state index contributed by atoms with van der Waals surface area (Å²) < 4.78 is 16.6. The lowest BCUT2D eigenvalue weighted by atomic mass is 10.0. The molecule has 2 atom stereocenters. The van der Waals surface area contributed by atoms with Crippen molar-refractivity contribution < 1.29 is 19.3 Å². The Morgan fingerprint density at radius 1 is 0.889 bits per heavy atom. The minimum atomic E-state index is -0.571. The molecular weight excluding hydrogens is 342 g/mol. The van der Waals surface area contributed by atoms with Gasteiger partial charge < -0.3 is 24.6 Å². The molecule has 0 saturated carbocycles. The number of rotatable bonds is 11. The van der Waals surface area contributed by atoms with Crippen LogP contribution in [-0.2, 0) is 4.74 Å². The molecule has 0 aliphatic carbocycles. The van der Waals surface area contributed by atoms with Crippen LogP contribution >= 0.6 is 0 Å². The van der Waals surface area contributed by atoms with Crippen LogP contribution in [0.2, 0.25) is 0 Å². The fraction of sp³-hybridized carbons (Fsp3) is 0.455. The summed E-state index contributed by atoms with van der Waals surface area (Å²) in [5, 5.41) is 13.6. The van der Waals surface area contributed by atoms with Crippen molar-refractivity contribution in [3.63, 3.8) is 0 Å². The van der Waals surface area contributed by atoms with E-state index in [2.05, 4.69) is 19.2 Å². The van der Waals surface area contributed by atoms with Crippen LogP contribution in [0.25, 0.3) is 0 Å². The molecule has 148 valence electrons. The normalized spacial score (nSPS) is 13.4. The highest BCUT2D eigenvalue weighted by atomic mass is 16.5. The Kier molecular flexibility index (Phi) is 8.58. The van der Waals surface area contributed by atoms with Crippen molar-refractivity contribution in [1.29, 1.82) is 0 Å². The summed E-state index contributed by atoms with van der Waals surface area (Å²) >= 11 is 0. The van der Waals surface area contributed by atoms with E-state index in [-0.39, 0.29) is 12.7 Å². The maximum atomic E-state index is 10.3. The molecule has 0 heterocycles. The van der Waals surface area contributed by atoms with E-state index in [9.17, 15) is 5.11 Å². The molecule has 5 heteroatoms. The van der Waals surface area contributed by atoms with Gasteiger partial charge >= 0.3 is 0 Å². The van der Waals surface area contributed by atoms with Crippen molar-refractivity contribution in [3.05, 3.63) is 59.7 Å². The first-order chi connectivity index (χ1) is 13.1. The van der Waals surface area contributed by atoms with Gasteiger partial charge in [-0.25, -0.2) is 0 Å². The standard InChI is InChI=1S/C22H31NO4/c1-5-16(2)23-14-19(24)15-27-22(17-6-10-20(25-3)11-7-17)18-8-12-21(26-4)13-9-18/h6-13,16,19,22-24H,5,14-15H2,1-4H3/t16-,19-/m1/s1. The molecule has 0 unspecified atom stereocenters. The van der Waals surface area contributed by atoms with Gasteiger partial charge in [0.25, 0.3) is 0 Å². The largest absolute Gasteiger partial charge is 0.497 e. The number of methoxy groups -OCH3 is 2. The summed E-state index contributed by atoms with van der Waals surface area (Å²) in [7, 11) is 3.29. The first kappa shape index (κ1) is 21.2. The Morgan fingerprint density at radius 2 is 1.37 bits per heavy atom. The Hall–Kier alpha value is -2.08. The maximum absolute atomic E-state index is 10.3. The zero-order valence-electron chi connectivity index (χ0n) is 16.6. The third-order valence-electron chi connectivity index (χ3n) is 4.61. The van der Waals surface area contributed by atoms with E-state index in [1.807, 2.05) is 48.5 Å². The van der Waals surface area contributed by atoms with Gasteiger partial charge in [-0.1, -0.05) is 31.2 Å². The minimum Gasteiger partial charge on any atom is -0.497 e. The van der Waals surface area contributed by atoms with Crippen LogP contribution in [0.3, 0.4) is 0 Å². The number of nitrogens with one attached hydrogen (secondary N) is 1. The van der Waals surface area contributed by atoms with E-state index in [1.54, 1.807) is 14.2 Å². The van der Waals surface area contributed by atoms with Crippen molar-refractivity contribution in [3.8, 4) is 11.5 Å². The van der Waals surface area contributed by atoms with Crippen LogP contribution in [-0.4, -0.2) is 44.6 Å². The lowest BCUT2D eigenvalue weighted by Crippen LogP contribution is -2.35. The minimum absolute atomic E-state index is 0.242. The zero-order chi connectivity index (χ0) is 19.6. The molecular formula is C22H31NO4. The van der Waals surface area contributed by atoms with Crippen LogP contribution in [0, 0.1) is 0 Å². The molecule has 0 saturated heterocycles. The van der Waals surface area contributed by atoms with Crippen LogP contribution in [0.4, 0.5) is 0 Å². The average molecular weight is 373 g/mol. The zero-order valence-corrected chi connectivity index (χ0v) is 16.6. The molecule has 0 aromatic heterocycles. The highest BCUT2D eigenvalue weighted by Gasteiger charge is 2.17. The fourth-order valence-electron chi connectivity index (χ4n) is 2.69. The third-order valence-corrected chi connectivity index (χ3v) is 4.61. The van der Waals surface area contributed by atoms with Crippen LogP contribution < -0.4 is 14.8 Å². The molecule has 27 heavy (non-hydrogen) atoms. The molecule has 0 aliphatic heterocycles. The number of hydrogen-bond donors (Lipinski definition) is 2. The third kappa shape index (κ3) is 6.54. The molecule has 0 aliphatic rings. The van der Waals surface area contributed by atoms with Crippen LogP contribution in [0.1, 0.15) is 37.5 Å². The summed E-state index contributed by atoms with van der Waals surface area (Å²) in [6, 6.07) is 16.0. The van der Waals surface area contributed by atoms with Crippen molar-refractivity contribution in [2.45, 2.75) is 38.5 Å². The van der Waals surface area contributed by atoms with Crippen molar-refractivity contribution in [2.24, 2.45) is 0 Å². The van der Waals surface area contributed by atoms with Gasteiger partial charge in [0.2, 0.25) is 0 Å². The SMILES string of the molecule is CC[C@@H](C)NC[C@@H](O)COC(c1ccc(OC)cc1)c1ccc(OC)cc1. The van der Waals surface area contributed by atoms with Crippen LogP contribution in [0.15, 0.2) is 48.5 Å². The topological polar surface area (TPSA) is 60.0 Å². The smallest absolute Gasteiger partial charge is 0.118 e. The second-order valence-corrected chi connectivity index (χ2v) is 6.63. The van der Waals surface area contributed by atoms with Gasteiger partial charge in [0.05, 0.1) is 26.9 Å². The molecule has 2 aromatic carbocycles. The molecule has 2 rings (SSSR count). The number of hydrogen-bond acceptors (Lipinski definition) is 5. The summed E-state index contributed by atoms with van der Waals surface area (Å²) in [4.78, 5) is 0. The molecule has 2 aromatic rings. The first-order valence-corrected chi connectivity index (χ1v) is 9.38. The van der Waals surface area contributed by atoms with Crippen molar-refractivity contribution in [2.75, 3.05) is 27.4 Å². The molecule has 0 fully saturated rings. The predicted molar refractivity (Wildman–Crippen MR) is 108 cm³/mol. The van der Waals surface area contributed by atoms with Gasteiger partial charge in [0.15, 0.2) is 0 Å². The van der Waals surface area contributed by atoms with E-state index in [0.717, 1.165) is 29.0 Å². The first-order valence-electron chi connectivity index (χ1n) is 9.38. The number of aliphatic hydroxyl groups excluding tert-OH is 1. The monoisotopic (exact) mass is 373 g/mol. The van der Waals surface area contributed by atoms with E-state index in [1.165, 1.54) is 0 Å². The maximum Gasteiger partial charge on any atom is 0.118 e. The Bertz CT molecular complexity index is 610. The second-order valence-electron chi connectivity index (χ2n) is 6.63. The summed E-state index contributed by atoms with van der Waals surface area (Å²) in [6.45, 7) is 4.97. The Balaban J connectivity index is 2.11. The molecule has 5 nitrogen and oxygen atoms in total. The molecule has 0 radical (unpaired) electrons. The highest BCUT2D eigenvalue weighted by molar-refractivity contribution is 5.36. The lowest BCUT2D eigenvalue weighted by Gasteiger charge is -2.22. The van der Waals surface area contributed by atoms with Gasteiger partial charge in [0.1, 0.15) is 17.6 Å². The lowest BCUT2D eigenvalue weighted by molar-refractivity contribution is 0.00575. The average Bonchev–Trinajstić information content (AvgIpc) is 2.73. The molecule has 0 spiro atoms. The second kappa shape index (κ2) is 10.9. The predicted octanol–water partition coefficient (Wildman–Crippen LogP) is 3.56. The highest BCUT2D eigenvalue weighted by Crippen LogP contribution is 2.29. The molecule has 0 bridgehead atoms. The summed E-state index contributed by atoms with van der Waals surface area (Å²) in [5.41, 5.74) is 2.01. The molecule has 2 N–H and O–H groups in total. The Labute approximate surface area is 162 Å². The molecule has 0 amide bonds. The van der Waals surface area contributed by atoms with Crippen molar-refractivity contribution >= 4 is 0 Å². The van der Waals surface area contributed by atoms with E-state index in [0.29, 0.717) is 12.6 Å². The Morgan fingerprint density at radius 3 is 1.78 bits per heavy atom. The number of aliphatic hydroxyl groups is 1. The van der Waals surface area contributed by atoms with Gasteiger partial charge in [0, 0.05) is 12.6 Å². The van der Waals surface area contributed by atoms with Crippen LogP contribution in [0.5, 0.6) is 11.5 Å². The van der Waals surface area contributed by atoms with Gasteiger partial charge in [-0.15, -0.1) is 0 Å². The number of benzene rings is 2. The summed E-state index contributed by atoms with van der Waals surface area (Å²) in [5.74, 6) is 1.59. The van der Waals surface area contributed by atoms with E-state index in [4.69, 9.17) is 14.2 Å². The van der Waals surface area contributed by atoms with Gasteiger partial charge in [-0.05, 0) is 48.7 Å². The van der Waals surface area contributed by atoms with Gasteiger partial charge in [-0.2, -0.15) is 0 Å². The van der Waals surface area contributed by atoms with Gasteiger partial charge in [-0.3, -0.25) is 0 Å². The quantitative estimate of drug-likeness (QED) is 0.631. The van der Waals surface area contributed by atoms with E-state index < -0.39 is 6.10 Å². The van der Waals surface area contributed by atoms with Crippen molar-refractivity contribution in [1.82, 2.24) is 5.32 Å². The number of ether oxygens (including phenoxy) is 3. The van der Waals surface area contributed by atoms with E-state index >= 15 is 0 Å². The fourth-order valence-corrected chi connectivity index (χ4v) is 2.69. The summed E-state index contributed by atoms with van der Waals surface area (Å²) in [6.07, 6.45) is 0.173.